The van der Waals surface area contributed by atoms with Gasteiger partial charge in [0.05, 0.1) is 34.4 Å². The van der Waals surface area contributed by atoms with Crippen molar-refractivity contribution in [1.82, 2.24) is 0 Å². The Morgan fingerprint density at radius 2 is 0.568 bits per heavy atom. The third-order valence-electron chi connectivity index (χ3n) is 17.5. The van der Waals surface area contributed by atoms with E-state index in [2.05, 4.69) is 123 Å². The second kappa shape index (κ2) is 75.7. The highest BCUT2D eigenvalue weighted by molar-refractivity contribution is 5.71. The summed E-state index contributed by atoms with van der Waals surface area (Å²) < 4.78 is 23.1. The van der Waals surface area contributed by atoms with Crippen LogP contribution >= 0.6 is 0 Å². The average Bonchev–Trinajstić information content (AvgIpc) is 3.75. The van der Waals surface area contributed by atoms with Gasteiger partial charge in [-0.3, -0.25) is 9.59 Å². The Labute approximate surface area is 587 Å². The number of carboxylic acid groups (broad SMARTS) is 1. The van der Waals surface area contributed by atoms with Gasteiger partial charge in [0, 0.05) is 12.8 Å². The fraction of sp³-hybridized carbons (Fsp3) is 0.756. The molecular formula is C86H152NO8+. The van der Waals surface area contributed by atoms with Crippen molar-refractivity contribution in [1.29, 1.82) is 0 Å². The molecule has 0 aromatic heterocycles. The summed E-state index contributed by atoms with van der Waals surface area (Å²) in [6, 6.07) is 0. The van der Waals surface area contributed by atoms with E-state index in [0.29, 0.717) is 17.4 Å². The molecule has 0 aliphatic heterocycles. The summed E-state index contributed by atoms with van der Waals surface area (Å²) in [5.41, 5.74) is 0. The Morgan fingerprint density at radius 3 is 0.842 bits per heavy atom. The number of aliphatic carboxylic acids is 1. The summed E-state index contributed by atoms with van der Waals surface area (Å²) in [4.78, 5) is 37.8. The van der Waals surface area contributed by atoms with Gasteiger partial charge in [0.15, 0.2) is 6.10 Å². The van der Waals surface area contributed by atoms with Crippen molar-refractivity contribution in [2.75, 3.05) is 47.5 Å². The third kappa shape index (κ3) is 77.2. The first-order chi connectivity index (χ1) is 46.6. The van der Waals surface area contributed by atoms with Gasteiger partial charge in [-0.15, -0.1) is 0 Å². The summed E-state index contributed by atoms with van der Waals surface area (Å²) in [5, 5.41) is 9.78. The van der Waals surface area contributed by atoms with Crippen molar-refractivity contribution in [2.24, 2.45) is 0 Å². The number of carbonyl (C=O) groups excluding carboxylic acids is 2. The van der Waals surface area contributed by atoms with Crippen LogP contribution in [0.15, 0.2) is 109 Å². The molecular weight excluding hydrogens is 1170 g/mol. The van der Waals surface area contributed by atoms with Crippen LogP contribution in [0.1, 0.15) is 361 Å². The van der Waals surface area contributed by atoms with Crippen LogP contribution in [-0.2, 0) is 33.3 Å². The molecule has 0 rings (SSSR count). The highest BCUT2D eigenvalue weighted by atomic mass is 16.7. The number of allylic oxidation sites excluding steroid dienone is 18. The van der Waals surface area contributed by atoms with Crippen LogP contribution < -0.4 is 0 Å². The van der Waals surface area contributed by atoms with E-state index in [-0.39, 0.29) is 38.2 Å². The molecule has 0 aliphatic rings. The van der Waals surface area contributed by atoms with Gasteiger partial charge in [-0.1, -0.05) is 361 Å². The minimum Gasteiger partial charge on any atom is -0.477 e. The number of nitrogens with zero attached hydrogens (tertiary/aromatic N) is 1. The Balaban J connectivity index is 3.99. The second-order valence-electron chi connectivity index (χ2n) is 28.0. The molecule has 0 aliphatic carbocycles. The van der Waals surface area contributed by atoms with Crippen molar-refractivity contribution >= 4 is 17.9 Å². The molecule has 0 spiro atoms. The van der Waals surface area contributed by atoms with Crippen molar-refractivity contribution in [3.63, 3.8) is 0 Å². The van der Waals surface area contributed by atoms with Crippen LogP contribution in [0.25, 0.3) is 0 Å². The van der Waals surface area contributed by atoms with Crippen molar-refractivity contribution in [3.8, 4) is 0 Å². The molecule has 0 bridgehead atoms. The quantitative estimate of drug-likeness (QED) is 0.0211. The lowest BCUT2D eigenvalue weighted by Crippen LogP contribution is -2.40. The molecule has 0 aromatic carbocycles. The second-order valence-corrected chi connectivity index (χ2v) is 28.0. The first-order valence-corrected chi connectivity index (χ1v) is 40.1. The van der Waals surface area contributed by atoms with Crippen LogP contribution in [-0.4, -0.2) is 87.4 Å². The molecule has 95 heavy (non-hydrogen) atoms. The van der Waals surface area contributed by atoms with Crippen molar-refractivity contribution in [2.45, 2.75) is 373 Å². The van der Waals surface area contributed by atoms with Crippen LogP contribution in [0.5, 0.6) is 0 Å². The van der Waals surface area contributed by atoms with E-state index in [9.17, 15) is 19.5 Å². The lowest BCUT2D eigenvalue weighted by molar-refractivity contribution is -0.870. The van der Waals surface area contributed by atoms with E-state index in [1.807, 2.05) is 21.1 Å². The fourth-order valence-corrected chi connectivity index (χ4v) is 11.5. The van der Waals surface area contributed by atoms with Crippen molar-refractivity contribution in [3.05, 3.63) is 109 Å². The average molecular weight is 1330 g/mol. The van der Waals surface area contributed by atoms with Crippen LogP contribution in [0.2, 0.25) is 0 Å². The first-order valence-electron chi connectivity index (χ1n) is 40.1. The monoisotopic (exact) mass is 1330 g/mol. The van der Waals surface area contributed by atoms with Gasteiger partial charge in [0.1, 0.15) is 13.2 Å². The van der Waals surface area contributed by atoms with Crippen LogP contribution in [0, 0.1) is 0 Å². The molecule has 2 unspecified atom stereocenters. The predicted molar refractivity (Wildman–Crippen MR) is 410 cm³/mol. The molecule has 2 atom stereocenters. The zero-order valence-corrected chi connectivity index (χ0v) is 62.8. The predicted octanol–water partition coefficient (Wildman–Crippen LogP) is 25.7. The van der Waals surface area contributed by atoms with Gasteiger partial charge in [-0.05, 0) is 96.3 Å². The fourth-order valence-electron chi connectivity index (χ4n) is 11.5. The summed E-state index contributed by atoms with van der Waals surface area (Å²) >= 11 is 0. The molecule has 0 saturated heterocycles. The molecule has 0 saturated carbocycles. The lowest BCUT2D eigenvalue weighted by atomic mass is 10.0. The summed E-state index contributed by atoms with van der Waals surface area (Å²) in [6.07, 6.45) is 104. The number of esters is 2. The molecule has 548 valence electrons. The highest BCUT2D eigenvalue weighted by Gasteiger charge is 2.25. The number of rotatable bonds is 74. The summed E-state index contributed by atoms with van der Waals surface area (Å²) in [6.45, 7) is 4.70. The standard InChI is InChI=1S/C86H151NO8/c1-6-8-10-12-14-16-18-20-22-24-26-28-30-32-34-36-38-40-41-42-43-45-46-48-50-52-54-56-58-60-62-64-66-68-70-72-74-76-83(88)93-80-82(81-94-86(85(90)91)92-79-78-87(3,4)5)95-84(89)77-75-73-71-69-67-65-63-61-59-57-55-53-51-49-47-44-39-37-35-33-31-29-27-25-23-21-19-17-15-13-11-9-7-2/h8-11,14-17,20-23,26-29,33,35,82,86H,6-7,12-13,18-19,24-25,30-32,34,36-81H2,1-5H3/p+1/b10-8-,11-9-,16-14-,17-15-,22-20-,23-21-,28-26-,29-27-,35-33-. The Hall–Kier alpha value is -4.05. The maximum Gasteiger partial charge on any atom is 0.361 e. The molecule has 0 aromatic rings. The van der Waals surface area contributed by atoms with E-state index < -0.39 is 18.4 Å². The SMILES string of the molecule is CC/C=C\C/C=C\C/C=C\C/C=C\C/C=C\CCCCCCCCCCCCCCCCCCCC(=O)OC(COC(=O)CCCCCCCCCCCCCCCCCCCCCCCCCC/C=C\C/C=C\C/C=C\C/C=C\CC)COC(OCC[N+](C)(C)C)C(=O)O. The minimum absolute atomic E-state index is 0.181. The van der Waals surface area contributed by atoms with Gasteiger partial charge in [-0.2, -0.15) is 0 Å². The van der Waals surface area contributed by atoms with E-state index in [4.69, 9.17) is 18.9 Å². The number of hydrogen-bond donors (Lipinski definition) is 1. The third-order valence-corrected chi connectivity index (χ3v) is 17.5. The number of hydrogen-bond acceptors (Lipinski definition) is 7. The van der Waals surface area contributed by atoms with E-state index >= 15 is 0 Å². The number of likely N-dealkylation sites (N-methyl/N-ethyl adjacent to an activating group) is 1. The smallest absolute Gasteiger partial charge is 0.361 e. The zero-order valence-electron chi connectivity index (χ0n) is 62.8. The van der Waals surface area contributed by atoms with Crippen molar-refractivity contribution < 1.29 is 42.9 Å². The molecule has 0 heterocycles. The summed E-state index contributed by atoms with van der Waals surface area (Å²) in [5.74, 6) is -1.98. The van der Waals surface area contributed by atoms with E-state index in [1.54, 1.807) is 0 Å². The minimum atomic E-state index is -1.51. The van der Waals surface area contributed by atoms with Gasteiger partial charge in [-0.25, -0.2) is 4.79 Å². The van der Waals surface area contributed by atoms with Gasteiger partial charge in [0.25, 0.3) is 6.29 Å². The Morgan fingerprint density at radius 1 is 0.316 bits per heavy atom. The molecule has 9 heteroatoms. The van der Waals surface area contributed by atoms with Gasteiger partial charge < -0.3 is 28.5 Å². The lowest BCUT2D eigenvalue weighted by Gasteiger charge is -2.25. The topological polar surface area (TPSA) is 108 Å². The summed E-state index contributed by atoms with van der Waals surface area (Å²) in [7, 11) is 5.99. The van der Waals surface area contributed by atoms with E-state index in [0.717, 1.165) is 96.3 Å². The Kier molecular flexibility index (Phi) is 72.5. The number of ether oxygens (including phenoxy) is 4. The first kappa shape index (κ1) is 91.0. The zero-order chi connectivity index (χ0) is 69.0. The Bertz CT molecular complexity index is 1930. The van der Waals surface area contributed by atoms with Gasteiger partial charge >= 0.3 is 17.9 Å². The van der Waals surface area contributed by atoms with E-state index in [1.165, 1.54) is 238 Å². The number of unbranched alkanes of at least 4 members (excludes halogenated alkanes) is 41. The van der Waals surface area contributed by atoms with Gasteiger partial charge in [0.2, 0.25) is 0 Å². The molecule has 0 fully saturated rings. The maximum absolute atomic E-state index is 13.0. The molecule has 9 nitrogen and oxygen atoms in total. The van der Waals surface area contributed by atoms with Crippen LogP contribution in [0.3, 0.4) is 0 Å². The van der Waals surface area contributed by atoms with Crippen LogP contribution in [0.4, 0.5) is 0 Å². The normalized spacial score (nSPS) is 13.2. The number of carbonyl (C=O) groups is 3. The largest absolute Gasteiger partial charge is 0.477 e. The number of carboxylic acids is 1. The number of quaternary nitrogens is 1. The molecule has 1 N–H and O–H groups in total. The maximum atomic E-state index is 13.0. The highest BCUT2D eigenvalue weighted by Crippen LogP contribution is 2.19. The molecule has 0 amide bonds. The molecule has 0 radical (unpaired) electrons.